The first-order valence-electron chi connectivity index (χ1n) is 7.55. The number of hydrogen-bond donors (Lipinski definition) is 2. The lowest BCUT2D eigenvalue weighted by atomic mass is 9.91. The first-order chi connectivity index (χ1) is 10.3. The van der Waals surface area contributed by atoms with Crippen LogP contribution in [0.1, 0.15) is 46.5 Å². The van der Waals surface area contributed by atoms with Crippen molar-refractivity contribution >= 4 is 12.0 Å². The van der Waals surface area contributed by atoms with E-state index in [1.54, 1.807) is 0 Å². The molecule has 0 saturated heterocycles. The van der Waals surface area contributed by atoms with Crippen LogP contribution in [0, 0.1) is 5.82 Å². The molecule has 1 heterocycles. The van der Waals surface area contributed by atoms with E-state index in [4.69, 9.17) is 4.74 Å². The van der Waals surface area contributed by atoms with Crippen molar-refractivity contribution in [3.05, 3.63) is 18.2 Å². The summed E-state index contributed by atoms with van der Waals surface area (Å²) in [7, 11) is 0. The summed E-state index contributed by atoms with van der Waals surface area (Å²) in [5.41, 5.74) is -0.483. The molecule has 7 heteroatoms. The summed E-state index contributed by atoms with van der Waals surface area (Å²) < 4.78 is 18.0. The third-order valence-electron chi connectivity index (χ3n) is 3.40. The normalized spacial score (nSPS) is 22.0. The molecular formula is C15H23FN4O2. The Morgan fingerprint density at radius 2 is 1.73 bits per heavy atom. The number of alkyl carbamates (subject to hydrolysis) is 1. The molecule has 6 nitrogen and oxygen atoms in total. The van der Waals surface area contributed by atoms with Gasteiger partial charge in [0.05, 0.1) is 12.4 Å². The standard InChI is InChI=1S/C15H23FN4O2/c1-15(2,3)22-14(21)20-12-6-4-11(5-7-12)19-13-17-8-10(16)9-18-13/h8-9,11-12H,4-7H2,1-3H3,(H,20,21)(H,17,18,19)/t11-,12-. The summed E-state index contributed by atoms with van der Waals surface area (Å²) in [6.07, 6.45) is 5.42. The average Bonchev–Trinajstić information content (AvgIpc) is 2.41. The van der Waals surface area contributed by atoms with Gasteiger partial charge in [0.25, 0.3) is 0 Å². The quantitative estimate of drug-likeness (QED) is 0.898. The van der Waals surface area contributed by atoms with Gasteiger partial charge >= 0.3 is 6.09 Å². The zero-order valence-corrected chi connectivity index (χ0v) is 13.2. The lowest BCUT2D eigenvalue weighted by Crippen LogP contribution is -2.42. The van der Waals surface area contributed by atoms with Gasteiger partial charge in [-0.25, -0.2) is 19.2 Å². The number of aromatic nitrogens is 2. The van der Waals surface area contributed by atoms with Gasteiger partial charge in [-0.05, 0) is 46.5 Å². The molecule has 1 amide bonds. The van der Waals surface area contributed by atoms with E-state index < -0.39 is 11.4 Å². The Morgan fingerprint density at radius 1 is 1.18 bits per heavy atom. The topological polar surface area (TPSA) is 76.1 Å². The minimum absolute atomic E-state index is 0.127. The molecule has 0 bridgehead atoms. The maximum absolute atomic E-state index is 12.8. The molecule has 122 valence electrons. The number of anilines is 1. The summed E-state index contributed by atoms with van der Waals surface area (Å²) in [6.45, 7) is 5.53. The summed E-state index contributed by atoms with van der Waals surface area (Å²) in [4.78, 5) is 19.5. The van der Waals surface area contributed by atoms with Crippen molar-refractivity contribution in [3.63, 3.8) is 0 Å². The number of ether oxygens (including phenoxy) is 1. The SMILES string of the molecule is CC(C)(C)OC(=O)N[C@H]1CC[C@H](Nc2ncc(F)cn2)CC1. The molecule has 1 aromatic rings. The molecule has 1 fully saturated rings. The predicted octanol–water partition coefficient (Wildman–Crippen LogP) is 2.86. The third-order valence-corrected chi connectivity index (χ3v) is 3.40. The van der Waals surface area contributed by atoms with Crippen molar-refractivity contribution in [2.45, 2.75) is 64.1 Å². The second-order valence-corrected chi connectivity index (χ2v) is 6.56. The van der Waals surface area contributed by atoms with E-state index in [0.29, 0.717) is 5.95 Å². The Morgan fingerprint density at radius 3 is 2.27 bits per heavy atom. The Bertz CT molecular complexity index is 493. The number of amides is 1. The molecule has 1 aliphatic rings. The molecule has 0 unspecified atom stereocenters. The minimum Gasteiger partial charge on any atom is -0.444 e. The van der Waals surface area contributed by atoms with Gasteiger partial charge in [-0.3, -0.25) is 0 Å². The highest BCUT2D eigenvalue weighted by Crippen LogP contribution is 2.21. The van der Waals surface area contributed by atoms with Crippen LogP contribution >= 0.6 is 0 Å². The van der Waals surface area contributed by atoms with Gasteiger partial charge in [0.1, 0.15) is 5.60 Å². The molecule has 1 saturated carbocycles. The van der Waals surface area contributed by atoms with E-state index in [1.165, 1.54) is 0 Å². The molecule has 0 aromatic carbocycles. The highest BCUT2D eigenvalue weighted by Gasteiger charge is 2.25. The highest BCUT2D eigenvalue weighted by atomic mass is 19.1. The molecule has 2 N–H and O–H groups in total. The number of rotatable bonds is 3. The van der Waals surface area contributed by atoms with E-state index in [9.17, 15) is 9.18 Å². The molecular weight excluding hydrogens is 287 g/mol. The summed E-state index contributed by atoms with van der Waals surface area (Å²) in [5, 5.41) is 6.08. The molecule has 1 aromatic heterocycles. The van der Waals surface area contributed by atoms with Gasteiger partial charge in [-0.1, -0.05) is 0 Å². The number of halogens is 1. The maximum Gasteiger partial charge on any atom is 0.407 e. The number of nitrogens with one attached hydrogen (secondary N) is 2. The number of carbonyl (C=O) groups is 1. The van der Waals surface area contributed by atoms with Crippen molar-refractivity contribution in [2.75, 3.05) is 5.32 Å². The molecule has 2 rings (SSSR count). The molecule has 0 aliphatic heterocycles. The Balaban J connectivity index is 1.73. The van der Waals surface area contributed by atoms with Crippen LogP contribution in [0.15, 0.2) is 12.4 Å². The zero-order valence-electron chi connectivity index (χ0n) is 13.2. The van der Waals surface area contributed by atoms with Crippen LogP contribution in [-0.4, -0.2) is 33.7 Å². The van der Waals surface area contributed by atoms with Crippen LogP contribution in [0.4, 0.5) is 15.1 Å². The van der Waals surface area contributed by atoms with Crippen LogP contribution in [0.2, 0.25) is 0 Å². The van der Waals surface area contributed by atoms with Gasteiger partial charge in [0, 0.05) is 12.1 Å². The average molecular weight is 310 g/mol. The Kier molecular flexibility index (Phi) is 5.15. The smallest absolute Gasteiger partial charge is 0.407 e. The van der Waals surface area contributed by atoms with Gasteiger partial charge < -0.3 is 15.4 Å². The first kappa shape index (κ1) is 16.5. The Hall–Kier alpha value is -1.92. The van der Waals surface area contributed by atoms with Crippen LogP contribution in [-0.2, 0) is 4.74 Å². The monoisotopic (exact) mass is 310 g/mol. The molecule has 0 atom stereocenters. The van der Waals surface area contributed by atoms with Gasteiger partial charge in [-0.15, -0.1) is 0 Å². The predicted molar refractivity (Wildman–Crippen MR) is 81.0 cm³/mol. The molecule has 1 aliphatic carbocycles. The van der Waals surface area contributed by atoms with Crippen LogP contribution in [0.25, 0.3) is 0 Å². The second kappa shape index (κ2) is 6.89. The van der Waals surface area contributed by atoms with E-state index in [2.05, 4.69) is 20.6 Å². The van der Waals surface area contributed by atoms with Crippen LogP contribution in [0.3, 0.4) is 0 Å². The summed E-state index contributed by atoms with van der Waals surface area (Å²) in [6, 6.07) is 0.365. The maximum atomic E-state index is 12.8. The van der Waals surface area contributed by atoms with Gasteiger partial charge in [0.2, 0.25) is 5.95 Å². The fourth-order valence-corrected chi connectivity index (χ4v) is 2.43. The first-order valence-corrected chi connectivity index (χ1v) is 7.55. The van der Waals surface area contributed by atoms with Crippen LogP contribution in [0.5, 0.6) is 0 Å². The molecule has 0 radical (unpaired) electrons. The van der Waals surface area contributed by atoms with E-state index in [-0.39, 0.29) is 18.2 Å². The summed E-state index contributed by atoms with van der Waals surface area (Å²) in [5.74, 6) is -0.0132. The van der Waals surface area contributed by atoms with Gasteiger partial charge in [-0.2, -0.15) is 0 Å². The van der Waals surface area contributed by atoms with Crippen molar-refractivity contribution < 1.29 is 13.9 Å². The second-order valence-electron chi connectivity index (χ2n) is 6.56. The van der Waals surface area contributed by atoms with E-state index >= 15 is 0 Å². The van der Waals surface area contributed by atoms with Crippen LogP contribution < -0.4 is 10.6 Å². The minimum atomic E-state index is -0.483. The third kappa shape index (κ3) is 5.46. The zero-order chi connectivity index (χ0) is 16.2. The molecule has 0 spiro atoms. The number of nitrogens with zero attached hydrogens (tertiary/aromatic N) is 2. The summed E-state index contributed by atoms with van der Waals surface area (Å²) >= 11 is 0. The van der Waals surface area contributed by atoms with Crippen molar-refractivity contribution in [2.24, 2.45) is 0 Å². The fourth-order valence-electron chi connectivity index (χ4n) is 2.43. The van der Waals surface area contributed by atoms with Gasteiger partial charge in [0.15, 0.2) is 5.82 Å². The lowest BCUT2D eigenvalue weighted by Gasteiger charge is -2.30. The van der Waals surface area contributed by atoms with E-state index in [0.717, 1.165) is 38.1 Å². The largest absolute Gasteiger partial charge is 0.444 e. The molecule has 22 heavy (non-hydrogen) atoms. The van der Waals surface area contributed by atoms with Crippen molar-refractivity contribution in [3.8, 4) is 0 Å². The highest BCUT2D eigenvalue weighted by molar-refractivity contribution is 5.68. The number of hydrogen-bond acceptors (Lipinski definition) is 5. The lowest BCUT2D eigenvalue weighted by molar-refractivity contribution is 0.0492. The van der Waals surface area contributed by atoms with Crippen molar-refractivity contribution in [1.82, 2.24) is 15.3 Å². The number of carbonyl (C=O) groups excluding carboxylic acids is 1. The fraction of sp³-hybridized carbons (Fsp3) is 0.667. The Labute approximate surface area is 129 Å². The van der Waals surface area contributed by atoms with Crippen molar-refractivity contribution in [1.29, 1.82) is 0 Å². The van der Waals surface area contributed by atoms with E-state index in [1.807, 2.05) is 20.8 Å².